The smallest absolute Gasteiger partial charge is 0.213 e. The molecule has 0 saturated carbocycles. The Kier molecular flexibility index (Phi) is 3.74. The van der Waals surface area contributed by atoms with Crippen molar-refractivity contribution in [1.29, 1.82) is 0 Å². The third kappa shape index (κ3) is 2.75. The summed E-state index contributed by atoms with van der Waals surface area (Å²) < 4.78 is 18.8. The van der Waals surface area contributed by atoms with E-state index in [1.807, 2.05) is 6.92 Å². The molecule has 0 bridgehead atoms. The number of aryl methyl sites for hydroxylation is 1. The van der Waals surface area contributed by atoms with E-state index in [2.05, 4.69) is 10.4 Å². The summed E-state index contributed by atoms with van der Waals surface area (Å²) in [5.74, 6) is 5.46. The molecule has 0 saturated heterocycles. The number of ether oxygens (including phenoxy) is 1. The first-order valence-electron chi connectivity index (χ1n) is 5.50. The number of hydrogen-bond donors (Lipinski definition) is 2. The molecule has 2 aromatic rings. The van der Waals surface area contributed by atoms with Crippen LogP contribution < -0.4 is 16.0 Å². The van der Waals surface area contributed by atoms with Crippen LogP contribution in [0.1, 0.15) is 11.1 Å². The van der Waals surface area contributed by atoms with Crippen LogP contribution in [-0.2, 0) is 6.61 Å². The highest BCUT2D eigenvalue weighted by Gasteiger charge is 2.04. The first-order valence-corrected chi connectivity index (χ1v) is 5.50. The van der Waals surface area contributed by atoms with Gasteiger partial charge in [-0.05, 0) is 18.6 Å². The maximum absolute atomic E-state index is 13.4. The van der Waals surface area contributed by atoms with Gasteiger partial charge in [-0.15, -0.1) is 0 Å². The highest BCUT2D eigenvalue weighted by Crippen LogP contribution is 2.18. The molecule has 0 atom stereocenters. The average molecular weight is 247 g/mol. The van der Waals surface area contributed by atoms with Crippen molar-refractivity contribution in [2.45, 2.75) is 13.5 Å². The van der Waals surface area contributed by atoms with Gasteiger partial charge in [0.25, 0.3) is 0 Å². The van der Waals surface area contributed by atoms with Crippen molar-refractivity contribution in [2.75, 3.05) is 5.43 Å². The third-order valence-corrected chi connectivity index (χ3v) is 2.57. The molecular formula is C13H14FN3O. The zero-order chi connectivity index (χ0) is 13.0. The van der Waals surface area contributed by atoms with Crippen molar-refractivity contribution in [3.8, 4) is 5.88 Å². The second-order valence-electron chi connectivity index (χ2n) is 3.86. The lowest BCUT2D eigenvalue weighted by Crippen LogP contribution is -2.09. The van der Waals surface area contributed by atoms with Crippen molar-refractivity contribution in [2.24, 2.45) is 5.84 Å². The summed E-state index contributed by atoms with van der Waals surface area (Å²) in [4.78, 5) is 4.07. The summed E-state index contributed by atoms with van der Waals surface area (Å²) >= 11 is 0. The molecule has 18 heavy (non-hydrogen) atoms. The molecule has 2 rings (SSSR count). The van der Waals surface area contributed by atoms with Gasteiger partial charge in [0.2, 0.25) is 5.88 Å². The van der Waals surface area contributed by atoms with Gasteiger partial charge >= 0.3 is 0 Å². The molecule has 0 unspecified atom stereocenters. The van der Waals surface area contributed by atoms with Crippen molar-refractivity contribution in [1.82, 2.24) is 4.98 Å². The second-order valence-corrected chi connectivity index (χ2v) is 3.86. The lowest BCUT2D eigenvalue weighted by atomic mass is 10.2. The number of nitrogen functional groups attached to an aromatic ring is 1. The fourth-order valence-corrected chi connectivity index (χ4v) is 1.53. The summed E-state index contributed by atoms with van der Waals surface area (Å²) in [6, 6.07) is 8.23. The second kappa shape index (κ2) is 5.46. The van der Waals surface area contributed by atoms with Crippen LogP contribution in [0.4, 0.5) is 10.1 Å². The summed E-state index contributed by atoms with van der Waals surface area (Å²) in [5.41, 5.74) is 4.67. The first kappa shape index (κ1) is 12.3. The molecule has 0 aliphatic carbocycles. The molecule has 0 amide bonds. The molecule has 0 aliphatic rings. The number of rotatable bonds is 4. The average Bonchev–Trinajstić information content (AvgIpc) is 2.38. The number of nitrogens with one attached hydrogen (secondary N) is 1. The van der Waals surface area contributed by atoms with Crippen LogP contribution >= 0.6 is 0 Å². The molecule has 0 fully saturated rings. The Bertz CT molecular complexity index is 546. The number of hydrazine groups is 1. The Morgan fingerprint density at radius 1 is 1.39 bits per heavy atom. The van der Waals surface area contributed by atoms with E-state index in [9.17, 15) is 4.39 Å². The van der Waals surface area contributed by atoms with Gasteiger partial charge in [-0.3, -0.25) is 5.84 Å². The van der Waals surface area contributed by atoms with Gasteiger partial charge in [-0.2, -0.15) is 0 Å². The molecule has 0 radical (unpaired) electrons. The Labute approximate surface area is 105 Å². The van der Waals surface area contributed by atoms with Gasteiger partial charge in [0, 0.05) is 11.6 Å². The van der Waals surface area contributed by atoms with Crippen LogP contribution in [0.15, 0.2) is 36.5 Å². The zero-order valence-electron chi connectivity index (χ0n) is 9.98. The lowest BCUT2D eigenvalue weighted by molar-refractivity contribution is 0.288. The molecule has 3 N–H and O–H groups in total. The van der Waals surface area contributed by atoms with Crippen LogP contribution in [0.2, 0.25) is 0 Å². The molecule has 94 valence electrons. The van der Waals surface area contributed by atoms with Crippen LogP contribution in [0.5, 0.6) is 5.88 Å². The minimum absolute atomic E-state index is 0.147. The fourth-order valence-electron chi connectivity index (χ4n) is 1.53. The standard InChI is InChI=1S/C13H14FN3O/c1-9-6-13(16-7-12(9)17-15)18-8-10-4-2-3-5-11(10)14/h2-7,17H,8,15H2,1H3. The minimum Gasteiger partial charge on any atom is -0.473 e. The topological polar surface area (TPSA) is 60.2 Å². The minimum atomic E-state index is -0.283. The first-order chi connectivity index (χ1) is 8.70. The molecule has 1 aromatic heterocycles. The van der Waals surface area contributed by atoms with Crippen molar-refractivity contribution in [3.05, 3.63) is 53.5 Å². The van der Waals surface area contributed by atoms with Gasteiger partial charge in [0.05, 0.1) is 11.9 Å². The predicted molar refractivity (Wildman–Crippen MR) is 67.5 cm³/mol. The van der Waals surface area contributed by atoms with Crippen LogP contribution in [-0.4, -0.2) is 4.98 Å². The van der Waals surface area contributed by atoms with E-state index in [4.69, 9.17) is 10.6 Å². The Morgan fingerprint density at radius 3 is 2.83 bits per heavy atom. The zero-order valence-corrected chi connectivity index (χ0v) is 9.98. The van der Waals surface area contributed by atoms with E-state index < -0.39 is 0 Å². The molecule has 4 nitrogen and oxygen atoms in total. The van der Waals surface area contributed by atoms with E-state index in [1.54, 1.807) is 30.5 Å². The highest BCUT2D eigenvalue weighted by molar-refractivity contribution is 5.48. The number of anilines is 1. The number of benzene rings is 1. The maximum atomic E-state index is 13.4. The number of nitrogens with two attached hydrogens (primary N) is 1. The van der Waals surface area contributed by atoms with E-state index in [0.717, 1.165) is 11.3 Å². The number of aromatic nitrogens is 1. The van der Waals surface area contributed by atoms with Gasteiger partial charge in [-0.25, -0.2) is 9.37 Å². The summed E-state index contributed by atoms with van der Waals surface area (Å²) in [5, 5.41) is 0. The maximum Gasteiger partial charge on any atom is 0.213 e. The summed E-state index contributed by atoms with van der Waals surface area (Å²) in [6.07, 6.45) is 1.58. The van der Waals surface area contributed by atoms with Gasteiger partial charge in [0.15, 0.2) is 0 Å². The number of halogens is 1. The van der Waals surface area contributed by atoms with E-state index in [1.165, 1.54) is 6.07 Å². The molecular weight excluding hydrogens is 233 g/mol. The molecule has 1 heterocycles. The molecule has 5 heteroatoms. The lowest BCUT2D eigenvalue weighted by Gasteiger charge is -2.09. The summed E-state index contributed by atoms with van der Waals surface area (Å²) in [7, 11) is 0. The Balaban J connectivity index is 2.07. The van der Waals surface area contributed by atoms with Gasteiger partial charge in [-0.1, -0.05) is 18.2 Å². The van der Waals surface area contributed by atoms with E-state index in [-0.39, 0.29) is 12.4 Å². The number of nitrogens with zero attached hydrogens (tertiary/aromatic N) is 1. The Morgan fingerprint density at radius 2 is 2.17 bits per heavy atom. The van der Waals surface area contributed by atoms with Crippen LogP contribution in [0.25, 0.3) is 0 Å². The molecule has 0 aliphatic heterocycles. The van der Waals surface area contributed by atoms with Gasteiger partial charge < -0.3 is 10.2 Å². The quantitative estimate of drug-likeness (QED) is 0.643. The SMILES string of the molecule is Cc1cc(OCc2ccccc2F)ncc1NN. The van der Waals surface area contributed by atoms with E-state index in [0.29, 0.717) is 11.4 Å². The normalized spacial score (nSPS) is 10.2. The van der Waals surface area contributed by atoms with Crippen LogP contribution in [0, 0.1) is 12.7 Å². The van der Waals surface area contributed by atoms with Crippen LogP contribution in [0.3, 0.4) is 0 Å². The fraction of sp³-hybridized carbons (Fsp3) is 0.154. The van der Waals surface area contributed by atoms with Crippen molar-refractivity contribution in [3.63, 3.8) is 0 Å². The number of hydrogen-bond acceptors (Lipinski definition) is 4. The summed E-state index contributed by atoms with van der Waals surface area (Å²) in [6.45, 7) is 2.03. The Hall–Kier alpha value is -2.14. The van der Waals surface area contributed by atoms with Crippen molar-refractivity contribution >= 4 is 5.69 Å². The molecule has 0 spiro atoms. The van der Waals surface area contributed by atoms with E-state index >= 15 is 0 Å². The third-order valence-electron chi connectivity index (χ3n) is 2.57. The molecule has 1 aromatic carbocycles. The predicted octanol–water partition coefficient (Wildman–Crippen LogP) is 2.39. The van der Waals surface area contributed by atoms with Crippen molar-refractivity contribution < 1.29 is 9.13 Å². The van der Waals surface area contributed by atoms with Gasteiger partial charge in [0.1, 0.15) is 12.4 Å². The monoisotopic (exact) mass is 247 g/mol. The largest absolute Gasteiger partial charge is 0.473 e. The number of pyridine rings is 1. The highest BCUT2D eigenvalue weighted by atomic mass is 19.1.